The molecule has 2 rings (SSSR count). The van der Waals surface area contributed by atoms with Crippen LogP contribution in [0.15, 0.2) is 22.9 Å². The highest BCUT2D eigenvalue weighted by Crippen LogP contribution is 2.31. The molecule has 1 heterocycles. The van der Waals surface area contributed by atoms with Crippen LogP contribution < -0.4 is 5.32 Å². The van der Waals surface area contributed by atoms with Gasteiger partial charge in [-0.2, -0.15) is 0 Å². The maximum Gasteiger partial charge on any atom is 0.0774 e. The standard InChI is InChI=1S/C14H21BrN2O/c1-11-3-2-4-14(18,6-11)10-17-8-12-5-13(15)9-16-7-12/h5,7,9,11,17-18H,2-4,6,8,10H2,1H3. The average Bonchev–Trinajstić information content (AvgIpc) is 2.28. The fourth-order valence-electron chi connectivity index (χ4n) is 2.78. The van der Waals surface area contributed by atoms with Gasteiger partial charge in [0.05, 0.1) is 5.60 Å². The summed E-state index contributed by atoms with van der Waals surface area (Å²) in [6.45, 7) is 3.65. The van der Waals surface area contributed by atoms with Crippen LogP contribution in [0, 0.1) is 5.92 Å². The minimum absolute atomic E-state index is 0.517. The zero-order valence-electron chi connectivity index (χ0n) is 10.8. The molecule has 1 aliphatic rings. The first-order valence-corrected chi connectivity index (χ1v) is 7.39. The maximum atomic E-state index is 10.5. The minimum Gasteiger partial charge on any atom is -0.389 e. The summed E-state index contributed by atoms with van der Waals surface area (Å²) in [5, 5.41) is 13.8. The summed E-state index contributed by atoms with van der Waals surface area (Å²) in [6, 6.07) is 2.05. The van der Waals surface area contributed by atoms with E-state index in [1.54, 1.807) is 6.20 Å². The van der Waals surface area contributed by atoms with E-state index < -0.39 is 5.60 Å². The molecule has 1 aliphatic carbocycles. The van der Waals surface area contributed by atoms with Gasteiger partial charge in [-0.05, 0) is 46.3 Å². The summed E-state index contributed by atoms with van der Waals surface area (Å²) in [6.07, 6.45) is 7.85. The molecular weight excluding hydrogens is 292 g/mol. The highest BCUT2D eigenvalue weighted by atomic mass is 79.9. The average molecular weight is 313 g/mol. The lowest BCUT2D eigenvalue weighted by atomic mass is 9.79. The fourth-order valence-corrected chi connectivity index (χ4v) is 3.20. The molecule has 0 aromatic carbocycles. The van der Waals surface area contributed by atoms with E-state index >= 15 is 0 Å². The Morgan fingerprint density at radius 2 is 2.39 bits per heavy atom. The number of aromatic nitrogens is 1. The summed E-state index contributed by atoms with van der Waals surface area (Å²) in [5.74, 6) is 0.637. The second-order valence-electron chi connectivity index (χ2n) is 5.54. The van der Waals surface area contributed by atoms with Crippen molar-refractivity contribution in [2.75, 3.05) is 6.54 Å². The highest BCUT2D eigenvalue weighted by Gasteiger charge is 2.31. The number of halogens is 1. The van der Waals surface area contributed by atoms with E-state index in [4.69, 9.17) is 0 Å². The number of nitrogens with one attached hydrogen (secondary N) is 1. The van der Waals surface area contributed by atoms with Gasteiger partial charge in [-0.15, -0.1) is 0 Å². The third kappa shape index (κ3) is 4.04. The second kappa shape index (κ2) is 6.13. The first-order valence-electron chi connectivity index (χ1n) is 6.60. The van der Waals surface area contributed by atoms with E-state index in [1.165, 1.54) is 6.42 Å². The first kappa shape index (κ1) is 14.0. The fraction of sp³-hybridized carbons (Fsp3) is 0.643. The van der Waals surface area contributed by atoms with Gasteiger partial charge in [0.1, 0.15) is 0 Å². The van der Waals surface area contributed by atoms with Gasteiger partial charge in [0, 0.05) is 30.0 Å². The number of rotatable bonds is 4. The zero-order valence-corrected chi connectivity index (χ0v) is 12.4. The molecule has 1 fully saturated rings. The molecule has 0 saturated heterocycles. The third-order valence-corrected chi connectivity index (χ3v) is 4.05. The van der Waals surface area contributed by atoms with Gasteiger partial charge in [-0.1, -0.05) is 19.8 Å². The summed E-state index contributed by atoms with van der Waals surface area (Å²) in [5.41, 5.74) is 0.619. The van der Waals surface area contributed by atoms with Crippen LogP contribution in [0.3, 0.4) is 0 Å². The molecule has 4 heteroatoms. The number of nitrogens with zero attached hydrogens (tertiary/aromatic N) is 1. The number of pyridine rings is 1. The third-order valence-electron chi connectivity index (χ3n) is 3.61. The Balaban J connectivity index is 1.81. The predicted octanol–water partition coefficient (Wildman–Crippen LogP) is 2.87. The molecule has 0 amide bonds. The van der Waals surface area contributed by atoms with E-state index in [2.05, 4.69) is 33.2 Å². The van der Waals surface area contributed by atoms with Gasteiger partial charge >= 0.3 is 0 Å². The minimum atomic E-state index is -0.517. The SMILES string of the molecule is CC1CCCC(O)(CNCc2cncc(Br)c2)C1. The first-order chi connectivity index (χ1) is 8.57. The Hall–Kier alpha value is -0.450. The highest BCUT2D eigenvalue weighted by molar-refractivity contribution is 9.10. The molecule has 2 unspecified atom stereocenters. The van der Waals surface area contributed by atoms with Crippen LogP contribution >= 0.6 is 15.9 Å². The van der Waals surface area contributed by atoms with Crippen LogP contribution in [0.5, 0.6) is 0 Å². The van der Waals surface area contributed by atoms with E-state index in [-0.39, 0.29) is 0 Å². The molecule has 3 nitrogen and oxygen atoms in total. The normalized spacial score (nSPS) is 28.3. The van der Waals surface area contributed by atoms with Crippen LogP contribution in [-0.4, -0.2) is 22.2 Å². The lowest BCUT2D eigenvalue weighted by Crippen LogP contribution is -2.43. The van der Waals surface area contributed by atoms with Crippen LogP contribution in [0.4, 0.5) is 0 Å². The van der Waals surface area contributed by atoms with Crippen molar-refractivity contribution >= 4 is 15.9 Å². The molecule has 1 aromatic rings. The second-order valence-corrected chi connectivity index (χ2v) is 6.46. The summed E-state index contributed by atoms with van der Waals surface area (Å²) in [7, 11) is 0. The molecule has 0 spiro atoms. The molecular formula is C14H21BrN2O. The maximum absolute atomic E-state index is 10.5. The lowest BCUT2D eigenvalue weighted by molar-refractivity contribution is -0.0119. The van der Waals surface area contributed by atoms with Gasteiger partial charge in [0.15, 0.2) is 0 Å². The Labute approximate surface area is 117 Å². The molecule has 2 atom stereocenters. The van der Waals surface area contributed by atoms with Gasteiger partial charge in [-0.25, -0.2) is 0 Å². The zero-order chi connectivity index (χ0) is 13.0. The van der Waals surface area contributed by atoms with Crippen molar-refractivity contribution < 1.29 is 5.11 Å². The molecule has 0 bridgehead atoms. The van der Waals surface area contributed by atoms with Crippen molar-refractivity contribution in [3.05, 3.63) is 28.5 Å². The summed E-state index contributed by atoms with van der Waals surface area (Å²) in [4.78, 5) is 4.13. The summed E-state index contributed by atoms with van der Waals surface area (Å²) < 4.78 is 0.992. The smallest absolute Gasteiger partial charge is 0.0774 e. The molecule has 0 aliphatic heterocycles. The lowest BCUT2D eigenvalue weighted by Gasteiger charge is -2.35. The van der Waals surface area contributed by atoms with Crippen molar-refractivity contribution in [3.8, 4) is 0 Å². The van der Waals surface area contributed by atoms with Gasteiger partial charge in [0.25, 0.3) is 0 Å². The van der Waals surface area contributed by atoms with Crippen LogP contribution in [0.1, 0.15) is 38.2 Å². The number of hydrogen-bond acceptors (Lipinski definition) is 3. The van der Waals surface area contributed by atoms with Gasteiger partial charge < -0.3 is 10.4 Å². The topological polar surface area (TPSA) is 45.1 Å². The van der Waals surface area contributed by atoms with Crippen molar-refractivity contribution in [2.45, 2.75) is 44.8 Å². The quantitative estimate of drug-likeness (QED) is 0.898. The number of aliphatic hydroxyl groups is 1. The van der Waals surface area contributed by atoms with E-state index in [0.717, 1.165) is 35.8 Å². The molecule has 1 aromatic heterocycles. The van der Waals surface area contributed by atoms with Gasteiger partial charge in [0.2, 0.25) is 0 Å². The van der Waals surface area contributed by atoms with Crippen molar-refractivity contribution in [1.29, 1.82) is 0 Å². The molecule has 2 N–H and O–H groups in total. The Bertz CT molecular complexity index is 399. The monoisotopic (exact) mass is 312 g/mol. The predicted molar refractivity (Wildman–Crippen MR) is 76.2 cm³/mol. The number of hydrogen-bond donors (Lipinski definition) is 2. The Morgan fingerprint density at radius 3 is 3.11 bits per heavy atom. The Morgan fingerprint density at radius 1 is 1.56 bits per heavy atom. The van der Waals surface area contributed by atoms with Crippen LogP contribution in [-0.2, 0) is 6.54 Å². The van der Waals surface area contributed by atoms with Gasteiger partial charge in [-0.3, -0.25) is 4.98 Å². The van der Waals surface area contributed by atoms with Crippen LogP contribution in [0.2, 0.25) is 0 Å². The molecule has 0 radical (unpaired) electrons. The molecule has 18 heavy (non-hydrogen) atoms. The Kier molecular flexibility index (Phi) is 4.76. The van der Waals surface area contributed by atoms with E-state index in [0.29, 0.717) is 12.5 Å². The summed E-state index contributed by atoms with van der Waals surface area (Å²) >= 11 is 3.41. The van der Waals surface area contributed by atoms with Crippen molar-refractivity contribution in [2.24, 2.45) is 5.92 Å². The molecule has 1 saturated carbocycles. The molecule has 100 valence electrons. The largest absolute Gasteiger partial charge is 0.389 e. The van der Waals surface area contributed by atoms with Crippen LogP contribution in [0.25, 0.3) is 0 Å². The van der Waals surface area contributed by atoms with E-state index in [1.807, 2.05) is 12.3 Å². The van der Waals surface area contributed by atoms with E-state index in [9.17, 15) is 5.11 Å². The van der Waals surface area contributed by atoms with Crippen molar-refractivity contribution in [3.63, 3.8) is 0 Å². The van der Waals surface area contributed by atoms with Crippen molar-refractivity contribution in [1.82, 2.24) is 10.3 Å².